The maximum Gasteiger partial charge on any atom is 0.309 e. The zero-order valence-corrected chi connectivity index (χ0v) is 9.71. The second kappa shape index (κ2) is 4.44. The zero-order valence-electron chi connectivity index (χ0n) is 7.55. The number of esters is 1. The van der Waals surface area contributed by atoms with Gasteiger partial charge in [0.2, 0.25) is 0 Å². The van der Waals surface area contributed by atoms with E-state index in [4.69, 9.17) is 4.74 Å². The van der Waals surface area contributed by atoms with E-state index >= 15 is 0 Å². The molecule has 0 amide bonds. The topological polar surface area (TPSA) is 26.3 Å². The molecule has 1 aliphatic rings. The Morgan fingerprint density at radius 3 is 2.75 bits per heavy atom. The Morgan fingerprint density at radius 1 is 1.58 bits per heavy atom. The van der Waals surface area contributed by atoms with Gasteiger partial charge in [0, 0.05) is 10.3 Å². The van der Waals surface area contributed by atoms with E-state index < -0.39 is 0 Å². The molecule has 0 aliphatic carbocycles. The van der Waals surface area contributed by atoms with Crippen LogP contribution >= 0.6 is 22.6 Å². The molecule has 1 aliphatic heterocycles. The lowest BCUT2D eigenvalue weighted by molar-refractivity contribution is -0.143. The van der Waals surface area contributed by atoms with Crippen LogP contribution in [0.25, 0.3) is 0 Å². The van der Waals surface area contributed by atoms with Crippen molar-refractivity contribution in [3.8, 4) is 0 Å². The predicted octanol–water partition coefficient (Wildman–Crippen LogP) is 2.40. The van der Waals surface area contributed by atoms with Crippen molar-refractivity contribution in [2.24, 2.45) is 11.8 Å². The Hall–Kier alpha value is 0.200. The molecular formula is C9H15IO2. The van der Waals surface area contributed by atoms with Crippen LogP contribution in [0.5, 0.6) is 0 Å². The molecule has 0 radical (unpaired) electrons. The van der Waals surface area contributed by atoms with Gasteiger partial charge in [0.25, 0.3) is 0 Å². The second-order valence-corrected chi connectivity index (χ2v) is 4.25. The first kappa shape index (κ1) is 10.3. The summed E-state index contributed by atoms with van der Waals surface area (Å²) in [5.74, 6) is 0.569. The summed E-state index contributed by atoms with van der Waals surface area (Å²) < 4.78 is 6.17. The monoisotopic (exact) mass is 282 g/mol. The normalized spacial score (nSPS) is 35.2. The predicted molar refractivity (Wildman–Crippen MR) is 56.3 cm³/mol. The smallest absolute Gasteiger partial charge is 0.309 e. The van der Waals surface area contributed by atoms with Crippen LogP contribution in [0.2, 0.25) is 0 Å². The van der Waals surface area contributed by atoms with E-state index in [-0.39, 0.29) is 18.0 Å². The number of ether oxygens (including phenoxy) is 1. The third-order valence-electron chi connectivity index (χ3n) is 2.53. The van der Waals surface area contributed by atoms with Gasteiger partial charge in [-0.25, -0.2) is 0 Å². The molecule has 0 spiro atoms. The zero-order chi connectivity index (χ0) is 9.14. The Bertz CT molecular complexity index is 170. The average Bonchev–Trinajstić information content (AvgIpc) is 2.33. The van der Waals surface area contributed by atoms with Crippen LogP contribution in [0.15, 0.2) is 0 Å². The lowest BCUT2D eigenvalue weighted by Crippen LogP contribution is -2.20. The van der Waals surface area contributed by atoms with E-state index in [0.717, 1.165) is 17.3 Å². The summed E-state index contributed by atoms with van der Waals surface area (Å²) in [7, 11) is 0. The summed E-state index contributed by atoms with van der Waals surface area (Å²) >= 11 is 2.29. The molecule has 70 valence electrons. The molecule has 3 atom stereocenters. The van der Waals surface area contributed by atoms with Gasteiger partial charge in [-0.05, 0) is 6.42 Å². The summed E-state index contributed by atoms with van der Waals surface area (Å²) in [5.41, 5.74) is 0. The van der Waals surface area contributed by atoms with Gasteiger partial charge in [-0.2, -0.15) is 0 Å². The van der Waals surface area contributed by atoms with Gasteiger partial charge in [0.05, 0.1) is 5.92 Å². The van der Waals surface area contributed by atoms with Crippen molar-refractivity contribution >= 4 is 28.6 Å². The number of alkyl halides is 1. The molecule has 0 N–H and O–H groups in total. The fourth-order valence-corrected chi connectivity index (χ4v) is 2.59. The van der Waals surface area contributed by atoms with E-state index in [0.29, 0.717) is 5.92 Å². The first-order valence-electron chi connectivity index (χ1n) is 4.47. The first-order valence-corrected chi connectivity index (χ1v) is 5.99. The van der Waals surface area contributed by atoms with Gasteiger partial charge in [-0.15, -0.1) is 0 Å². The van der Waals surface area contributed by atoms with Crippen LogP contribution in [0, 0.1) is 11.8 Å². The highest BCUT2D eigenvalue weighted by molar-refractivity contribution is 14.1. The SMILES string of the molecule is CCC[C@@H]1[C@H](C)C(=O)O[C@@H]1CI. The van der Waals surface area contributed by atoms with Crippen molar-refractivity contribution in [3.63, 3.8) is 0 Å². The molecule has 0 aromatic carbocycles. The summed E-state index contributed by atoms with van der Waals surface area (Å²) in [6.45, 7) is 4.13. The summed E-state index contributed by atoms with van der Waals surface area (Å²) in [4.78, 5) is 11.2. The van der Waals surface area contributed by atoms with Crippen molar-refractivity contribution < 1.29 is 9.53 Å². The number of halogens is 1. The molecule has 0 aromatic rings. The highest BCUT2D eigenvalue weighted by Crippen LogP contribution is 2.32. The van der Waals surface area contributed by atoms with Gasteiger partial charge >= 0.3 is 5.97 Å². The standard InChI is InChI=1S/C9H15IO2/c1-3-4-7-6(2)9(11)12-8(7)5-10/h6-8H,3-5H2,1-2H3/t6-,7+,8+/m0/s1. The molecule has 1 fully saturated rings. The molecule has 0 aromatic heterocycles. The molecular weight excluding hydrogens is 267 g/mol. The van der Waals surface area contributed by atoms with Crippen LogP contribution < -0.4 is 0 Å². The average molecular weight is 282 g/mol. The molecule has 1 rings (SSSR count). The van der Waals surface area contributed by atoms with Crippen molar-refractivity contribution in [3.05, 3.63) is 0 Å². The quantitative estimate of drug-likeness (QED) is 0.451. The number of hydrogen-bond acceptors (Lipinski definition) is 2. The van der Waals surface area contributed by atoms with E-state index in [1.54, 1.807) is 0 Å². The molecule has 2 nitrogen and oxygen atoms in total. The van der Waals surface area contributed by atoms with E-state index in [9.17, 15) is 4.79 Å². The fraction of sp³-hybridized carbons (Fsp3) is 0.889. The number of carbonyl (C=O) groups is 1. The van der Waals surface area contributed by atoms with Crippen LogP contribution in [-0.4, -0.2) is 16.5 Å². The van der Waals surface area contributed by atoms with Gasteiger partial charge in [0.1, 0.15) is 6.10 Å². The molecule has 12 heavy (non-hydrogen) atoms. The molecule has 0 saturated carbocycles. The van der Waals surface area contributed by atoms with Crippen LogP contribution in [0.1, 0.15) is 26.7 Å². The largest absolute Gasteiger partial charge is 0.461 e. The van der Waals surface area contributed by atoms with Gasteiger partial charge < -0.3 is 4.74 Å². The molecule has 1 saturated heterocycles. The van der Waals surface area contributed by atoms with E-state index in [2.05, 4.69) is 29.5 Å². The first-order chi connectivity index (χ1) is 5.70. The molecule has 3 heteroatoms. The Kier molecular flexibility index (Phi) is 3.80. The van der Waals surface area contributed by atoms with Gasteiger partial charge in [0.15, 0.2) is 0 Å². The summed E-state index contributed by atoms with van der Waals surface area (Å²) in [5, 5.41) is 0. The maximum atomic E-state index is 11.2. The minimum atomic E-state index is -0.00452. The highest BCUT2D eigenvalue weighted by Gasteiger charge is 2.40. The Labute approximate surface area is 87.2 Å². The highest BCUT2D eigenvalue weighted by atomic mass is 127. The maximum absolute atomic E-state index is 11.2. The summed E-state index contributed by atoms with van der Waals surface area (Å²) in [6.07, 6.45) is 2.42. The number of carbonyl (C=O) groups excluding carboxylic acids is 1. The van der Waals surface area contributed by atoms with Crippen LogP contribution in [-0.2, 0) is 9.53 Å². The minimum absolute atomic E-state index is 0.00452. The van der Waals surface area contributed by atoms with Crippen molar-refractivity contribution in [1.82, 2.24) is 0 Å². The molecule has 1 heterocycles. The fourth-order valence-electron chi connectivity index (χ4n) is 1.76. The number of rotatable bonds is 3. The van der Waals surface area contributed by atoms with Crippen molar-refractivity contribution in [1.29, 1.82) is 0 Å². The third-order valence-corrected chi connectivity index (χ3v) is 3.40. The van der Waals surface area contributed by atoms with Crippen LogP contribution in [0.3, 0.4) is 0 Å². The lowest BCUT2D eigenvalue weighted by Gasteiger charge is -2.15. The minimum Gasteiger partial charge on any atom is -0.461 e. The van der Waals surface area contributed by atoms with Crippen LogP contribution in [0.4, 0.5) is 0 Å². The van der Waals surface area contributed by atoms with Gasteiger partial charge in [-0.3, -0.25) is 4.79 Å². The molecule has 0 bridgehead atoms. The van der Waals surface area contributed by atoms with Gasteiger partial charge in [-0.1, -0.05) is 42.9 Å². The lowest BCUT2D eigenvalue weighted by atomic mass is 9.89. The Balaban J connectivity index is 2.60. The summed E-state index contributed by atoms with van der Waals surface area (Å²) in [6, 6.07) is 0. The van der Waals surface area contributed by atoms with Crippen molar-refractivity contribution in [2.75, 3.05) is 4.43 Å². The number of cyclic esters (lactones) is 1. The number of hydrogen-bond donors (Lipinski definition) is 0. The Morgan fingerprint density at radius 2 is 2.25 bits per heavy atom. The third kappa shape index (κ3) is 1.92. The second-order valence-electron chi connectivity index (χ2n) is 3.37. The van der Waals surface area contributed by atoms with E-state index in [1.807, 2.05) is 6.92 Å². The molecule has 0 unspecified atom stereocenters. The van der Waals surface area contributed by atoms with E-state index in [1.165, 1.54) is 0 Å². The van der Waals surface area contributed by atoms with Crippen molar-refractivity contribution in [2.45, 2.75) is 32.8 Å².